The van der Waals surface area contributed by atoms with Crippen molar-refractivity contribution in [3.05, 3.63) is 30.5 Å². The molecule has 4 nitrogen and oxygen atoms in total. The molecule has 0 saturated heterocycles. The van der Waals surface area contributed by atoms with Crippen molar-refractivity contribution in [3.63, 3.8) is 0 Å². The molecule has 0 aromatic carbocycles. The van der Waals surface area contributed by atoms with Crippen LogP contribution in [0.3, 0.4) is 0 Å². The number of hydrogen-bond acceptors (Lipinski definition) is 4. The number of pyridine rings is 1. The molecule has 0 N–H and O–H groups in total. The topological polar surface area (TPSA) is 62.5 Å². The molecule has 2 heterocycles. The van der Waals surface area contributed by atoms with Crippen LogP contribution in [0.2, 0.25) is 0 Å². The van der Waals surface area contributed by atoms with Crippen molar-refractivity contribution in [3.8, 4) is 6.07 Å². The minimum atomic E-state index is 0.176. The maximum absolute atomic E-state index is 8.50. The summed E-state index contributed by atoms with van der Waals surface area (Å²) in [5, 5.41) is 9.39. The first kappa shape index (κ1) is 6.68. The third kappa shape index (κ3) is 0.974. The fourth-order valence-corrected chi connectivity index (χ4v) is 0.927. The van der Waals surface area contributed by atoms with E-state index in [1.807, 2.05) is 6.07 Å². The van der Waals surface area contributed by atoms with Crippen LogP contribution in [0.4, 0.5) is 0 Å². The van der Waals surface area contributed by atoms with Gasteiger partial charge in [0.15, 0.2) is 0 Å². The van der Waals surface area contributed by atoms with E-state index in [-0.39, 0.29) is 5.82 Å². The lowest BCUT2D eigenvalue weighted by Gasteiger charge is -1.93. The van der Waals surface area contributed by atoms with Gasteiger partial charge in [-0.05, 0) is 6.07 Å². The average Bonchev–Trinajstić information content (AvgIpc) is 2.17. The Morgan fingerprint density at radius 1 is 1.33 bits per heavy atom. The summed E-state index contributed by atoms with van der Waals surface area (Å²) in [7, 11) is 0. The number of rotatable bonds is 0. The summed E-state index contributed by atoms with van der Waals surface area (Å²) in [5.74, 6) is 0.176. The first-order valence-electron chi connectivity index (χ1n) is 3.37. The number of fused-ring (bicyclic) bond motifs is 1. The molecular weight excluding hydrogens is 152 g/mol. The third-order valence-corrected chi connectivity index (χ3v) is 1.49. The largest absolute Gasteiger partial charge is 0.262 e. The molecule has 0 atom stereocenters. The lowest BCUT2D eigenvalue weighted by molar-refractivity contribution is 1.15. The second-order valence-electron chi connectivity index (χ2n) is 2.24. The van der Waals surface area contributed by atoms with Gasteiger partial charge in [0, 0.05) is 17.8 Å². The third-order valence-electron chi connectivity index (χ3n) is 1.49. The predicted octanol–water partition coefficient (Wildman–Crippen LogP) is 0.896. The summed E-state index contributed by atoms with van der Waals surface area (Å²) in [4.78, 5) is 11.7. The van der Waals surface area contributed by atoms with Crippen molar-refractivity contribution >= 4 is 10.9 Å². The highest BCUT2D eigenvalue weighted by Crippen LogP contribution is 2.06. The quantitative estimate of drug-likeness (QED) is 0.568. The highest BCUT2D eigenvalue weighted by atomic mass is 14.9. The van der Waals surface area contributed by atoms with Crippen molar-refractivity contribution < 1.29 is 0 Å². The maximum Gasteiger partial charge on any atom is 0.232 e. The van der Waals surface area contributed by atoms with Crippen molar-refractivity contribution in [1.82, 2.24) is 15.0 Å². The molecule has 12 heavy (non-hydrogen) atoms. The van der Waals surface area contributed by atoms with Gasteiger partial charge in [-0.15, -0.1) is 0 Å². The van der Waals surface area contributed by atoms with E-state index in [1.165, 1.54) is 0 Å². The van der Waals surface area contributed by atoms with Gasteiger partial charge in [0.2, 0.25) is 5.82 Å². The van der Waals surface area contributed by atoms with Crippen molar-refractivity contribution in [2.75, 3.05) is 0 Å². The zero-order valence-corrected chi connectivity index (χ0v) is 6.10. The molecule has 2 aromatic rings. The number of nitrogens with zero attached hydrogens (tertiary/aromatic N) is 4. The second-order valence-corrected chi connectivity index (χ2v) is 2.24. The van der Waals surface area contributed by atoms with Gasteiger partial charge in [-0.2, -0.15) is 5.26 Å². The first-order valence-corrected chi connectivity index (χ1v) is 3.37. The van der Waals surface area contributed by atoms with Gasteiger partial charge in [-0.25, -0.2) is 9.97 Å². The smallest absolute Gasteiger partial charge is 0.232 e. The summed E-state index contributed by atoms with van der Waals surface area (Å²) in [6.45, 7) is 0. The normalized spacial score (nSPS) is 9.58. The van der Waals surface area contributed by atoms with E-state index < -0.39 is 0 Å². The lowest BCUT2D eigenvalue weighted by Crippen LogP contribution is -1.88. The Morgan fingerprint density at radius 2 is 2.25 bits per heavy atom. The van der Waals surface area contributed by atoms with Crippen LogP contribution in [0.1, 0.15) is 5.82 Å². The van der Waals surface area contributed by atoms with Gasteiger partial charge in [0.25, 0.3) is 0 Å². The van der Waals surface area contributed by atoms with Gasteiger partial charge in [0.1, 0.15) is 6.07 Å². The van der Waals surface area contributed by atoms with Crippen LogP contribution in [0.5, 0.6) is 0 Å². The molecule has 0 aliphatic carbocycles. The van der Waals surface area contributed by atoms with Crippen LogP contribution in [0.25, 0.3) is 10.9 Å². The number of nitriles is 1. The van der Waals surface area contributed by atoms with E-state index in [1.54, 1.807) is 24.7 Å². The molecule has 0 spiro atoms. The van der Waals surface area contributed by atoms with E-state index >= 15 is 0 Å². The Balaban J connectivity index is 2.78. The fraction of sp³-hybridized carbons (Fsp3) is 0. The lowest BCUT2D eigenvalue weighted by atomic mass is 10.3. The zero-order valence-electron chi connectivity index (χ0n) is 6.10. The molecular formula is C8H4N4. The molecule has 0 fully saturated rings. The zero-order chi connectivity index (χ0) is 8.39. The van der Waals surface area contributed by atoms with Crippen LogP contribution >= 0.6 is 0 Å². The molecule has 0 unspecified atom stereocenters. The molecule has 0 saturated carbocycles. The molecule has 56 valence electrons. The molecule has 0 amide bonds. The summed E-state index contributed by atoms with van der Waals surface area (Å²) < 4.78 is 0. The van der Waals surface area contributed by atoms with Gasteiger partial charge in [-0.1, -0.05) is 0 Å². The van der Waals surface area contributed by atoms with Crippen LogP contribution in [-0.2, 0) is 0 Å². The fourth-order valence-electron chi connectivity index (χ4n) is 0.927. The maximum atomic E-state index is 8.50. The minimum Gasteiger partial charge on any atom is -0.262 e. The van der Waals surface area contributed by atoms with Gasteiger partial charge < -0.3 is 0 Å². The number of hydrogen-bond donors (Lipinski definition) is 0. The Labute approximate surface area is 68.5 Å². The highest BCUT2D eigenvalue weighted by Gasteiger charge is 1.96. The van der Waals surface area contributed by atoms with Crippen LogP contribution in [0.15, 0.2) is 24.7 Å². The van der Waals surface area contributed by atoms with E-state index in [0.29, 0.717) is 5.52 Å². The second kappa shape index (κ2) is 2.55. The van der Waals surface area contributed by atoms with Crippen molar-refractivity contribution in [1.29, 1.82) is 5.26 Å². The number of aromatic nitrogens is 3. The highest BCUT2D eigenvalue weighted by molar-refractivity contribution is 5.76. The van der Waals surface area contributed by atoms with Crippen molar-refractivity contribution in [2.45, 2.75) is 0 Å². The molecule has 4 heteroatoms. The summed E-state index contributed by atoms with van der Waals surface area (Å²) in [5.41, 5.74) is 0.698. The van der Waals surface area contributed by atoms with E-state index in [4.69, 9.17) is 5.26 Å². The molecule has 0 aliphatic heterocycles. The van der Waals surface area contributed by atoms with Gasteiger partial charge in [-0.3, -0.25) is 4.98 Å². The van der Waals surface area contributed by atoms with E-state index in [2.05, 4.69) is 15.0 Å². The Kier molecular flexibility index (Phi) is 1.42. The van der Waals surface area contributed by atoms with E-state index in [9.17, 15) is 0 Å². The molecule has 0 aliphatic rings. The van der Waals surface area contributed by atoms with Gasteiger partial charge >= 0.3 is 0 Å². The SMILES string of the molecule is N#Cc1ncc2ccncc2n1. The monoisotopic (exact) mass is 156 g/mol. The molecule has 0 bridgehead atoms. The minimum absolute atomic E-state index is 0.176. The van der Waals surface area contributed by atoms with Crippen LogP contribution in [0, 0.1) is 11.3 Å². The van der Waals surface area contributed by atoms with Crippen molar-refractivity contribution in [2.24, 2.45) is 0 Å². The van der Waals surface area contributed by atoms with Crippen LogP contribution in [-0.4, -0.2) is 15.0 Å². The summed E-state index contributed by atoms with van der Waals surface area (Å²) in [6, 6.07) is 3.67. The standard InChI is InChI=1S/C8H4N4/c9-3-8-11-4-6-1-2-10-5-7(6)12-8/h1-2,4-5H. The molecule has 2 aromatic heterocycles. The first-order chi connectivity index (χ1) is 5.90. The average molecular weight is 156 g/mol. The molecule has 2 rings (SSSR count). The van der Waals surface area contributed by atoms with E-state index in [0.717, 1.165) is 5.39 Å². The summed E-state index contributed by atoms with van der Waals surface area (Å²) in [6.07, 6.45) is 4.89. The van der Waals surface area contributed by atoms with Gasteiger partial charge in [0.05, 0.1) is 11.7 Å². The molecule has 0 radical (unpaired) electrons. The predicted molar refractivity (Wildman–Crippen MR) is 42.0 cm³/mol. The Morgan fingerprint density at radius 3 is 3.08 bits per heavy atom. The Bertz CT molecular complexity index is 458. The van der Waals surface area contributed by atoms with Crippen LogP contribution < -0.4 is 0 Å². The Hall–Kier alpha value is -2.02. The summed E-state index contributed by atoms with van der Waals surface area (Å²) >= 11 is 0.